The van der Waals surface area contributed by atoms with Crippen molar-refractivity contribution < 1.29 is 14.3 Å². The molecule has 132 valence electrons. The minimum atomic E-state index is -0.342. The number of hydrogen-bond donors (Lipinski definition) is 1. The highest BCUT2D eigenvalue weighted by Gasteiger charge is 2.10. The highest BCUT2D eigenvalue weighted by atomic mass is 79.9. The van der Waals surface area contributed by atoms with Crippen molar-refractivity contribution in [1.29, 1.82) is 0 Å². The zero-order valence-corrected chi connectivity index (χ0v) is 15.4. The van der Waals surface area contributed by atoms with E-state index < -0.39 is 0 Å². The molecule has 1 N–H and O–H groups in total. The first-order chi connectivity index (χ1) is 12.7. The van der Waals surface area contributed by atoms with E-state index in [0.717, 1.165) is 5.56 Å². The Morgan fingerprint density at radius 2 is 1.92 bits per heavy atom. The molecule has 3 aromatic rings. The van der Waals surface area contributed by atoms with Gasteiger partial charge in [0.15, 0.2) is 12.4 Å². The third-order valence-electron chi connectivity index (χ3n) is 3.40. The summed E-state index contributed by atoms with van der Waals surface area (Å²) in [6.07, 6.45) is 3.01. The molecule has 3 rings (SSSR count). The van der Waals surface area contributed by atoms with Gasteiger partial charge < -0.3 is 14.8 Å². The van der Waals surface area contributed by atoms with Crippen molar-refractivity contribution in [3.8, 4) is 22.8 Å². The van der Waals surface area contributed by atoms with Crippen LogP contribution in [-0.2, 0) is 4.79 Å². The number of pyridine rings is 1. The highest BCUT2D eigenvalue weighted by molar-refractivity contribution is 9.10. The van der Waals surface area contributed by atoms with Crippen LogP contribution in [0.2, 0.25) is 0 Å². The number of benzene rings is 1. The molecule has 7 nitrogen and oxygen atoms in total. The van der Waals surface area contributed by atoms with E-state index in [1.54, 1.807) is 31.5 Å². The minimum absolute atomic E-state index is 0.168. The van der Waals surface area contributed by atoms with Gasteiger partial charge >= 0.3 is 0 Å². The lowest BCUT2D eigenvalue weighted by Crippen LogP contribution is -2.21. The van der Waals surface area contributed by atoms with Crippen molar-refractivity contribution in [2.45, 2.75) is 0 Å². The summed E-state index contributed by atoms with van der Waals surface area (Å²) in [5.74, 6) is 1.21. The maximum absolute atomic E-state index is 12.1. The number of ether oxygens (including phenoxy) is 2. The summed E-state index contributed by atoms with van der Waals surface area (Å²) < 4.78 is 11.3. The minimum Gasteiger partial charge on any atom is -0.496 e. The SMILES string of the molecule is COc1ccccc1-c1cc(NC(=O)COc2cccnc2Br)ncn1. The van der Waals surface area contributed by atoms with Gasteiger partial charge in [0, 0.05) is 17.8 Å². The van der Waals surface area contributed by atoms with E-state index in [0.29, 0.717) is 27.6 Å². The van der Waals surface area contributed by atoms with Crippen LogP contribution in [0.5, 0.6) is 11.5 Å². The molecule has 0 radical (unpaired) electrons. The number of anilines is 1. The van der Waals surface area contributed by atoms with Crippen LogP contribution in [0.15, 0.2) is 59.6 Å². The lowest BCUT2D eigenvalue weighted by Gasteiger charge is -2.10. The molecule has 0 aliphatic rings. The molecule has 0 saturated carbocycles. The van der Waals surface area contributed by atoms with Gasteiger partial charge in [-0.05, 0) is 40.2 Å². The quantitative estimate of drug-likeness (QED) is 0.622. The summed E-state index contributed by atoms with van der Waals surface area (Å²) in [6.45, 7) is -0.168. The fraction of sp³-hybridized carbons (Fsp3) is 0.111. The number of nitrogens with one attached hydrogen (secondary N) is 1. The van der Waals surface area contributed by atoms with E-state index in [1.807, 2.05) is 24.3 Å². The van der Waals surface area contributed by atoms with Crippen molar-refractivity contribution >= 4 is 27.7 Å². The summed E-state index contributed by atoms with van der Waals surface area (Å²) in [6, 6.07) is 12.6. The van der Waals surface area contributed by atoms with E-state index in [1.165, 1.54) is 6.33 Å². The molecule has 8 heteroatoms. The molecule has 0 bridgehead atoms. The van der Waals surface area contributed by atoms with Crippen molar-refractivity contribution in [3.63, 3.8) is 0 Å². The van der Waals surface area contributed by atoms with Crippen molar-refractivity contribution in [2.75, 3.05) is 19.0 Å². The van der Waals surface area contributed by atoms with Gasteiger partial charge in [-0.2, -0.15) is 0 Å². The van der Waals surface area contributed by atoms with E-state index in [4.69, 9.17) is 9.47 Å². The second-order valence-corrected chi connectivity index (χ2v) is 5.87. The topological polar surface area (TPSA) is 86.2 Å². The number of para-hydroxylation sites is 1. The molecular weight excluding hydrogens is 400 g/mol. The first-order valence-electron chi connectivity index (χ1n) is 7.66. The second-order valence-electron chi connectivity index (χ2n) is 5.12. The van der Waals surface area contributed by atoms with Gasteiger partial charge in [0.25, 0.3) is 5.91 Å². The number of hydrogen-bond acceptors (Lipinski definition) is 6. The fourth-order valence-electron chi connectivity index (χ4n) is 2.23. The number of nitrogens with zero attached hydrogens (tertiary/aromatic N) is 3. The molecule has 0 aliphatic heterocycles. The number of carbonyl (C=O) groups is 1. The predicted octanol–water partition coefficient (Wildman–Crippen LogP) is 3.33. The van der Waals surface area contributed by atoms with Crippen LogP contribution in [-0.4, -0.2) is 34.6 Å². The summed E-state index contributed by atoms with van der Waals surface area (Å²) in [7, 11) is 1.59. The first-order valence-corrected chi connectivity index (χ1v) is 8.45. The van der Waals surface area contributed by atoms with E-state index in [9.17, 15) is 4.79 Å². The van der Waals surface area contributed by atoms with E-state index in [2.05, 4.69) is 36.2 Å². The smallest absolute Gasteiger partial charge is 0.263 e. The molecule has 0 atom stereocenters. The molecule has 2 heterocycles. The molecule has 0 fully saturated rings. The van der Waals surface area contributed by atoms with Gasteiger partial charge in [0.2, 0.25) is 0 Å². The molecule has 0 aliphatic carbocycles. The van der Waals surface area contributed by atoms with Gasteiger partial charge in [-0.25, -0.2) is 15.0 Å². The second kappa shape index (κ2) is 8.39. The Balaban J connectivity index is 1.69. The Morgan fingerprint density at radius 1 is 1.12 bits per heavy atom. The molecule has 0 spiro atoms. The Hall–Kier alpha value is -3.00. The highest BCUT2D eigenvalue weighted by Crippen LogP contribution is 2.28. The molecule has 26 heavy (non-hydrogen) atoms. The standard InChI is InChI=1S/C18H15BrN4O3/c1-25-14-6-3-2-5-12(14)13-9-16(22-11-21-13)23-17(24)10-26-15-7-4-8-20-18(15)19/h2-9,11H,10H2,1H3,(H,21,22,23,24). The fourth-order valence-corrected chi connectivity index (χ4v) is 2.60. The number of rotatable bonds is 6. The maximum atomic E-state index is 12.1. The van der Waals surface area contributed by atoms with Crippen LogP contribution < -0.4 is 14.8 Å². The zero-order chi connectivity index (χ0) is 18.4. The number of aromatic nitrogens is 3. The number of amides is 1. The molecule has 1 aromatic carbocycles. The lowest BCUT2D eigenvalue weighted by atomic mass is 10.1. The van der Waals surface area contributed by atoms with Gasteiger partial charge in [0.1, 0.15) is 22.5 Å². The van der Waals surface area contributed by atoms with Crippen LogP contribution in [0.4, 0.5) is 5.82 Å². The summed E-state index contributed by atoms with van der Waals surface area (Å²) in [5.41, 5.74) is 1.45. The molecular formula is C18H15BrN4O3. The normalized spacial score (nSPS) is 10.2. The predicted molar refractivity (Wildman–Crippen MR) is 100 cm³/mol. The average molecular weight is 415 g/mol. The van der Waals surface area contributed by atoms with E-state index in [-0.39, 0.29) is 12.5 Å². The summed E-state index contributed by atoms with van der Waals surface area (Å²) in [5, 5.41) is 2.69. The van der Waals surface area contributed by atoms with Gasteiger partial charge in [-0.15, -0.1) is 0 Å². The summed E-state index contributed by atoms with van der Waals surface area (Å²) in [4.78, 5) is 24.5. The third kappa shape index (κ3) is 4.34. The monoisotopic (exact) mass is 414 g/mol. The van der Waals surface area contributed by atoms with Crippen LogP contribution >= 0.6 is 15.9 Å². The lowest BCUT2D eigenvalue weighted by molar-refractivity contribution is -0.118. The molecule has 1 amide bonds. The first kappa shape index (κ1) is 17.8. The largest absolute Gasteiger partial charge is 0.496 e. The van der Waals surface area contributed by atoms with Crippen LogP contribution in [0, 0.1) is 0 Å². The Morgan fingerprint density at radius 3 is 2.73 bits per heavy atom. The van der Waals surface area contributed by atoms with Crippen LogP contribution in [0.25, 0.3) is 11.3 Å². The number of halogens is 1. The number of methoxy groups -OCH3 is 1. The molecule has 2 aromatic heterocycles. The van der Waals surface area contributed by atoms with Gasteiger partial charge in [0.05, 0.1) is 12.8 Å². The summed E-state index contributed by atoms with van der Waals surface area (Å²) >= 11 is 3.26. The van der Waals surface area contributed by atoms with Crippen molar-refractivity contribution in [2.24, 2.45) is 0 Å². The number of carbonyl (C=O) groups excluding carboxylic acids is 1. The van der Waals surface area contributed by atoms with Crippen molar-refractivity contribution in [3.05, 3.63) is 59.6 Å². The third-order valence-corrected chi connectivity index (χ3v) is 4.00. The Bertz CT molecular complexity index is 920. The van der Waals surface area contributed by atoms with E-state index >= 15 is 0 Å². The Labute approximate surface area is 158 Å². The van der Waals surface area contributed by atoms with Crippen molar-refractivity contribution in [1.82, 2.24) is 15.0 Å². The van der Waals surface area contributed by atoms with Crippen LogP contribution in [0.3, 0.4) is 0 Å². The average Bonchev–Trinajstić information content (AvgIpc) is 2.67. The van der Waals surface area contributed by atoms with Gasteiger partial charge in [-0.1, -0.05) is 12.1 Å². The van der Waals surface area contributed by atoms with Crippen LogP contribution in [0.1, 0.15) is 0 Å². The zero-order valence-electron chi connectivity index (χ0n) is 13.8. The Kier molecular flexibility index (Phi) is 5.75. The molecule has 0 unspecified atom stereocenters. The van der Waals surface area contributed by atoms with Gasteiger partial charge in [-0.3, -0.25) is 4.79 Å². The molecule has 0 saturated heterocycles. The maximum Gasteiger partial charge on any atom is 0.263 e.